The van der Waals surface area contributed by atoms with Crippen molar-refractivity contribution in [2.24, 2.45) is 11.7 Å². The average Bonchev–Trinajstić information content (AvgIpc) is 2.22. The third-order valence-electron chi connectivity index (χ3n) is 2.56. The molecule has 0 saturated carbocycles. The van der Waals surface area contributed by atoms with Crippen molar-refractivity contribution in [1.29, 1.82) is 0 Å². The van der Waals surface area contributed by atoms with E-state index in [1.54, 1.807) is 0 Å². The summed E-state index contributed by atoms with van der Waals surface area (Å²) < 4.78 is 0. The Morgan fingerprint density at radius 3 is 2.53 bits per heavy atom. The van der Waals surface area contributed by atoms with E-state index in [0.717, 1.165) is 6.42 Å². The van der Waals surface area contributed by atoms with Crippen molar-refractivity contribution in [1.82, 2.24) is 4.98 Å². The van der Waals surface area contributed by atoms with Crippen molar-refractivity contribution in [2.75, 3.05) is 0 Å². The predicted octanol–water partition coefficient (Wildman–Crippen LogP) is 4.09. The first kappa shape index (κ1) is 13.0. The minimum absolute atomic E-state index is 0.213. The summed E-state index contributed by atoms with van der Waals surface area (Å²) in [7, 11) is 0. The van der Waals surface area contributed by atoms with Crippen molar-refractivity contribution in [3.8, 4) is 0 Å². The first-order valence-electron chi connectivity index (χ1n) is 4.74. The first-order chi connectivity index (χ1) is 6.99. The molecule has 2 atom stereocenters. The van der Waals surface area contributed by atoms with Crippen LogP contribution in [-0.2, 0) is 0 Å². The zero-order valence-corrected chi connectivity index (χ0v) is 10.9. The number of nitrogens with zero attached hydrogens (tertiary/aromatic N) is 1. The van der Waals surface area contributed by atoms with E-state index in [9.17, 15) is 0 Å². The normalized spacial score (nSPS) is 15.1. The van der Waals surface area contributed by atoms with Gasteiger partial charge in [0.25, 0.3) is 0 Å². The lowest BCUT2D eigenvalue weighted by Crippen LogP contribution is -2.19. The number of hydrogen-bond acceptors (Lipinski definition) is 2. The van der Waals surface area contributed by atoms with Gasteiger partial charge in [-0.05, 0) is 5.92 Å². The first-order valence-corrected chi connectivity index (χ1v) is 5.87. The Morgan fingerprint density at radius 1 is 1.40 bits per heavy atom. The van der Waals surface area contributed by atoms with E-state index in [1.807, 2.05) is 6.92 Å². The predicted molar refractivity (Wildman–Crippen MR) is 65.7 cm³/mol. The molecule has 0 aromatic carbocycles. The summed E-state index contributed by atoms with van der Waals surface area (Å²) >= 11 is 17.9. The van der Waals surface area contributed by atoms with E-state index in [4.69, 9.17) is 40.5 Å². The number of halogens is 3. The van der Waals surface area contributed by atoms with Gasteiger partial charge in [0.2, 0.25) is 0 Å². The summed E-state index contributed by atoms with van der Waals surface area (Å²) in [6, 6.07) is -0.213. The fourth-order valence-corrected chi connectivity index (χ4v) is 2.04. The summed E-state index contributed by atoms with van der Waals surface area (Å²) in [5.41, 5.74) is 6.75. The van der Waals surface area contributed by atoms with Gasteiger partial charge in [-0.2, -0.15) is 0 Å². The van der Waals surface area contributed by atoms with E-state index >= 15 is 0 Å². The van der Waals surface area contributed by atoms with E-state index in [-0.39, 0.29) is 11.2 Å². The number of rotatable bonds is 3. The highest BCUT2D eigenvalue weighted by Gasteiger charge is 2.21. The largest absolute Gasteiger partial charge is 0.324 e. The fraction of sp³-hybridized carbons (Fsp3) is 0.500. The second-order valence-corrected chi connectivity index (χ2v) is 4.68. The van der Waals surface area contributed by atoms with Gasteiger partial charge in [-0.3, -0.25) is 0 Å². The van der Waals surface area contributed by atoms with Crippen molar-refractivity contribution in [3.05, 3.63) is 27.0 Å². The SMILES string of the molecule is CCC(C)[C@H](N)c1c(Cl)cnc(Cl)c1Cl. The highest BCUT2D eigenvalue weighted by molar-refractivity contribution is 6.43. The number of nitrogens with two attached hydrogens (primary N) is 1. The Kier molecular flexibility index (Phi) is 4.65. The minimum Gasteiger partial charge on any atom is -0.324 e. The molecule has 0 radical (unpaired) electrons. The molecule has 2 nitrogen and oxygen atoms in total. The van der Waals surface area contributed by atoms with Crippen LogP contribution in [0, 0.1) is 5.92 Å². The van der Waals surface area contributed by atoms with Crippen LogP contribution in [0.15, 0.2) is 6.20 Å². The number of pyridine rings is 1. The Hall–Kier alpha value is -0.0200. The molecule has 1 rings (SSSR count). The molecule has 1 unspecified atom stereocenters. The molecule has 0 aliphatic carbocycles. The lowest BCUT2D eigenvalue weighted by atomic mass is 9.94. The smallest absolute Gasteiger partial charge is 0.148 e. The van der Waals surface area contributed by atoms with E-state index < -0.39 is 0 Å². The minimum atomic E-state index is -0.213. The van der Waals surface area contributed by atoms with Gasteiger partial charge >= 0.3 is 0 Å². The molecule has 84 valence electrons. The molecule has 1 heterocycles. The molecule has 0 aliphatic rings. The molecule has 1 aromatic heterocycles. The summed E-state index contributed by atoms with van der Waals surface area (Å²) in [6.45, 7) is 4.11. The summed E-state index contributed by atoms with van der Waals surface area (Å²) in [5.74, 6) is 0.290. The van der Waals surface area contributed by atoms with Crippen LogP contribution in [0.25, 0.3) is 0 Å². The van der Waals surface area contributed by atoms with Gasteiger partial charge in [-0.25, -0.2) is 4.98 Å². The van der Waals surface area contributed by atoms with Crippen LogP contribution >= 0.6 is 34.8 Å². The standard InChI is InChI=1S/C10H13Cl3N2/c1-3-5(2)9(14)7-6(11)4-15-10(13)8(7)12/h4-5,9H,3,14H2,1-2H3/t5?,9-/m0/s1. The molecule has 0 aliphatic heterocycles. The lowest BCUT2D eigenvalue weighted by molar-refractivity contribution is 0.457. The van der Waals surface area contributed by atoms with Crippen molar-refractivity contribution < 1.29 is 0 Å². The van der Waals surface area contributed by atoms with Gasteiger partial charge in [-0.15, -0.1) is 0 Å². The number of hydrogen-bond donors (Lipinski definition) is 1. The van der Waals surface area contributed by atoms with Gasteiger partial charge in [0.1, 0.15) is 5.15 Å². The molecule has 0 amide bonds. The molecular weight excluding hydrogens is 254 g/mol. The van der Waals surface area contributed by atoms with Gasteiger partial charge in [-0.1, -0.05) is 55.1 Å². The van der Waals surface area contributed by atoms with Crippen molar-refractivity contribution >= 4 is 34.8 Å². The van der Waals surface area contributed by atoms with E-state index in [1.165, 1.54) is 6.20 Å². The van der Waals surface area contributed by atoms with Crippen LogP contribution in [0.3, 0.4) is 0 Å². The zero-order valence-electron chi connectivity index (χ0n) is 8.60. The third-order valence-corrected chi connectivity index (χ3v) is 3.62. The maximum Gasteiger partial charge on any atom is 0.148 e. The Morgan fingerprint density at radius 2 is 2.00 bits per heavy atom. The van der Waals surface area contributed by atoms with E-state index in [0.29, 0.717) is 21.5 Å². The maximum atomic E-state index is 6.06. The maximum absolute atomic E-state index is 6.06. The van der Waals surface area contributed by atoms with Crippen LogP contribution in [0.1, 0.15) is 31.9 Å². The topological polar surface area (TPSA) is 38.9 Å². The molecule has 2 N–H and O–H groups in total. The van der Waals surface area contributed by atoms with Crippen LogP contribution in [-0.4, -0.2) is 4.98 Å². The Balaban J connectivity index is 3.18. The lowest BCUT2D eigenvalue weighted by Gasteiger charge is -2.21. The van der Waals surface area contributed by atoms with Crippen LogP contribution in [0.4, 0.5) is 0 Å². The summed E-state index contributed by atoms with van der Waals surface area (Å²) in [4.78, 5) is 3.85. The van der Waals surface area contributed by atoms with E-state index in [2.05, 4.69) is 11.9 Å². The van der Waals surface area contributed by atoms with Gasteiger partial charge < -0.3 is 5.73 Å². The Labute approximate surface area is 105 Å². The highest BCUT2D eigenvalue weighted by Crippen LogP contribution is 2.36. The molecule has 5 heteroatoms. The molecule has 0 saturated heterocycles. The van der Waals surface area contributed by atoms with Crippen molar-refractivity contribution in [3.63, 3.8) is 0 Å². The molecule has 0 spiro atoms. The second-order valence-electron chi connectivity index (χ2n) is 3.54. The van der Waals surface area contributed by atoms with Crippen LogP contribution < -0.4 is 5.73 Å². The second kappa shape index (κ2) is 5.35. The summed E-state index contributed by atoms with van der Waals surface area (Å²) in [5, 5.41) is 1.07. The average molecular weight is 268 g/mol. The van der Waals surface area contributed by atoms with Crippen LogP contribution in [0.2, 0.25) is 15.2 Å². The monoisotopic (exact) mass is 266 g/mol. The van der Waals surface area contributed by atoms with Crippen molar-refractivity contribution in [2.45, 2.75) is 26.3 Å². The molecular formula is C10H13Cl3N2. The van der Waals surface area contributed by atoms with Gasteiger partial charge in [0.05, 0.1) is 10.0 Å². The quantitative estimate of drug-likeness (QED) is 0.838. The Bertz CT molecular complexity index is 355. The number of aromatic nitrogens is 1. The zero-order chi connectivity index (χ0) is 11.6. The highest BCUT2D eigenvalue weighted by atomic mass is 35.5. The van der Waals surface area contributed by atoms with Gasteiger partial charge in [0.15, 0.2) is 0 Å². The van der Waals surface area contributed by atoms with Gasteiger partial charge in [0, 0.05) is 17.8 Å². The third kappa shape index (κ3) is 2.76. The molecule has 15 heavy (non-hydrogen) atoms. The molecule has 0 bridgehead atoms. The van der Waals surface area contributed by atoms with Crippen LogP contribution in [0.5, 0.6) is 0 Å². The fourth-order valence-electron chi connectivity index (χ4n) is 1.30. The summed E-state index contributed by atoms with van der Waals surface area (Å²) in [6.07, 6.45) is 2.43. The molecule has 0 fully saturated rings. The molecule has 1 aromatic rings.